The number of aromatic nitrogens is 2. The number of ether oxygens (including phenoxy) is 1. The molecular weight excluding hydrogens is 398 g/mol. The molecule has 0 atom stereocenters. The van der Waals surface area contributed by atoms with Crippen LogP contribution in [0.3, 0.4) is 0 Å². The summed E-state index contributed by atoms with van der Waals surface area (Å²) in [6.45, 7) is 6.68. The monoisotopic (exact) mass is 427 g/mol. The van der Waals surface area contributed by atoms with Gasteiger partial charge in [0.1, 0.15) is 24.7 Å². The van der Waals surface area contributed by atoms with E-state index < -0.39 is 0 Å². The van der Waals surface area contributed by atoms with Crippen LogP contribution < -0.4 is 9.64 Å². The quantitative estimate of drug-likeness (QED) is 0.367. The van der Waals surface area contributed by atoms with Gasteiger partial charge in [-0.25, -0.2) is 4.98 Å². The number of hydrogen-bond donors (Lipinski definition) is 0. The summed E-state index contributed by atoms with van der Waals surface area (Å²) in [5.74, 6) is 1.54. The molecule has 0 aliphatic carbocycles. The third-order valence-electron chi connectivity index (χ3n) is 5.55. The van der Waals surface area contributed by atoms with Crippen molar-refractivity contribution in [2.24, 2.45) is 0 Å². The van der Waals surface area contributed by atoms with Gasteiger partial charge >= 0.3 is 0 Å². The predicted octanol–water partition coefficient (Wildman–Crippen LogP) is 5.62. The lowest BCUT2D eigenvalue weighted by Gasteiger charge is -2.27. The summed E-state index contributed by atoms with van der Waals surface area (Å²) in [5, 5.41) is 0. The van der Waals surface area contributed by atoms with Gasteiger partial charge in [0.15, 0.2) is 0 Å². The first-order valence-corrected chi connectivity index (χ1v) is 11.1. The van der Waals surface area contributed by atoms with Crippen LogP contribution in [0.1, 0.15) is 32.2 Å². The minimum absolute atomic E-state index is 0.0166. The maximum atomic E-state index is 13.4. The van der Waals surface area contributed by atoms with Gasteiger partial charge in [-0.2, -0.15) is 0 Å². The van der Waals surface area contributed by atoms with E-state index in [1.54, 1.807) is 0 Å². The molecular formula is C27H29N3O2. The number of hydrogen-bond acceptors (Lipinski definition) is 3. The maximum absolute atomic E-state index is 13.4. The van der Waals surface area contributed by atoms with Gasteiger partial charge in [0.05, 0.1) is 11.0 Å². The highest BCUT2D eigenvalue weighted by atomic mass is 16.5. The maximum Gasteiger partial charge on any atom is 0.247 e. The second-order valence-electron chi connectivity index (χ2n) is 8.08. The number of benzene rings is 3. The van der Waals surface area contributed by atoms with Crippen LogP contribution in [0.15, 0.2) is 78.9 Å². The molecule has 1 aromatic heterocycles. The number of rotatable bonds is 8. The Balaban J connectivity index is 1.61. The molecule has 5 nitrogen and oxygen atoms in total. The second kappa shape index (κ2) is 9.69. The molecule has 0 saturated carbocycles. The van der Waals surface area contributed by atoms with Gasteiger partial charge in [0.2, 0.25) is 5.91 Å². The molecule has 1 heterocycles. The molecule has 0 spiro atoms. The highest BCUT2D eigenvalue weighted by Crippen LogP contribution is 2.22. The first-order chi connectivity index (χ1) is 15.6. The number of anilines is 1. The highest BCUT2D eigenvalue weighted by molar-refractivity contribution is 5.94. The first-order valence-electron chi connectivity index (χ1n) is 11.1. The summed E-state index contributed by atoms with van der Waals surface area (Å²) < 4.78 is 8.00. The Labute approximate surface area is 189 Å². The van der Waals surface area contributed by atoms with Crippen molar-refractivity contribution in [3.63, 3.8) is 0 Å². The summed E-state index contributed by atoms with van der Waals surface area (Å²) in [4.78, 5) is 20.0. The standard InChI is InChI=1S/C27H29N3O2/c1-4-21-14-16-23(17-15-21)32-19-26-28-24-12-8-9-13-25(24)29(26)18-27(31)30(20(2)3)22-10-6-5-7-11-22/h5-17,20H,4,18-19H2,1-3H3. The highest BCUT2D eigenvalue weighted by Gasteiger charge is 2.22. The van der Waals surface area contributed by atoms with E-state index in [2.05, 4.69) is 19.1 Å². The van der Waals surface area contributed by atoms with Crippen molar-refractivity contribution in [1.29, 1.82) is 0 Å². The van der Waals surface area contributed by atoms with Crippen molar-refractivity contribution in [3.05, 3.63) is 90.3 Å². The molecule has 0 aliphatic rings. The van der Waals surface area contributed by atoms with Gasteiger partial charge in [0.25, 0.3) is 0 Å². The Morgan fingerprint density at radius 3 is 2.34 bits per heavy atom. The Hall–Kier alpha value is -3.60. The Morgan fingerprint density at radius 1 is 0.969 bits per heavy atom. The lowest BCUT2D eigenvalue weighted by atomic mass is 10.2. The van der Waals surface area contributed by atoms with E-state index in [0.29, 0.717) is 6.61 Å². The van der Waals surface area contributed by atoms with Crippen molar-refractivity contribution in [2.45, 2.75) is 46.4 Å². The molecule has 0 radical (unpaired) electrons. The summed E-state index contributed by atoms with van der Waals surface area (Å²) in [5.41, 5.74) is 3.95. The van der Waals surface area contributed by atoms with Crippen LogP contribution in [0.25, 0.3) is 11.0 Å². The Kier molecular flexibility index (Phi) is 6.55. The average molecular weight is 428 g/mol. The fourth-order valence-electron chi connectivity index (χ4n) is 3.91. The summed E-state index contributed by atoms with van der Waals surface area (Å²) >= 11 is 0. The number of nitrogens with zero attached hydrogens (tertiary/aromatic N) is 3. The first kappa shape index (κ1) is 21.6. The number of imidazole rings is 1. The van der Waals surface area contributed by atoms with Crippen molar-refractivity contribution < 1.29 is 9.53 Å². The molecule has 5 heteroatoms. The molecule has 32 heavy (non-hydrogen) atoms. The van der Waals surface area contributed by atoms with E-state index in [4.69, 9.17) is 9.72 Å². The van der Waals surface area contributed by atoms with Gasteiger partial charge in [-0.1, -0.05) is 49.4 Å². The van der Waals surface area contributed by atoms with E-state index in [0.717, 1.165) is 34.7 Å². The fourth-order valence-corrected chi connectivity index (χ4v) is 3.91. The van der Waals surface area contributed by atoms with E-state index in [1.165, 1.54) is 5.56 Å². The van der Waals surface area contributed by atoms with Crippen LogP contribution in [0.5, 0.6) is 5.75 Å². The van der Waals surface area contributed by atoms with Crippen LogP contribution in [0.2, 0.25) is 0 Å². The molecule has 4 rings (SSSR count). The second-order valence-corrected chi connectivity index (χ2v) is 8.08. The minimum Gasteiger partial charge on any atom is -0.486 e. The number of carbonyl (C=O) groups is 1. The summed E-state index contributed by atoms with van der Waals surface area (Å²) in [6.07, 6.45) is 0.992. The zero-order valence-electron chi connectivity index (χ0n) is 18.9. The lowest BCUT2D eigenvalue weighted by Crippen LogP contribution is -2.39. The van der Waals surface area contributed by atoms with Crippen LogP contribution in [-0.4, -0.2) is 21.5 Å². The van der Waals surface area contributed by atoms with E-state index >= 15 is 0 Å². The topological polar surface area (TPSA) is 47.4 Å². The van der Waals surface area contributed by atoms with Crippen LogP contribution in [0.4, 0.5) is 5.69 Å². The molecule has 0 fully saturated rings. The molecule has 3 aromatic carbocycles. The molecule has 0 saturated heterocycles. The van der Waals surface area contributed by atoms with Crippen LogP contribution in [0, 0.1) is 0 Å². The summed E-state index contributed by atoms with van der Waals surface area (Å²) in [6, 6.07) is 25.8. The number of aryl methyl sites for hydroxylation is 1. The van der Waals surface area contributed by atoms with E-state index in [1.807, 2.05) is 90.0 Å². The van der Waals surface area contributed by atoms with E-state index in [-0.39, 0.29) is 18.5 Å². The molecule has 4 aromatic rings. The molecule has 1 amide bonds. The normalized spacial score (nSPS) is 11.1. The molecule has 0 unspecified atom stereocenters. The van der Waals surface area contributed by atoms with Gasteiger partial charge in [-0.3, -0.25) is 4.79 Å². The molecule has 164 valence electrons. The van der Waals surface area contributed by atoms with Crippen molar-refractivity contribution in [2.75, 3.05) is 4.90 Å². The predicted molar refractivity (Wildman–Crippen MR) is 129 cm³/mol. The molecule has 0 aliphatic heterocycles. The Morgan fingerprint density at radius 2 is 1.66 bits per heavy atom. The minimum atomic E-state index is 0.0166. The van der Waals surface area contributed by atoms with Gasteiger partial charge in [-0.15, -0.1) is 0 Å². The molecule has 0 bridgehead atoms. The largest absolute Gasteiger partial charge is 0.486 e. The zero-order chi connectivity index (χ0) is 22.5. The Bertz CT molecular complexity index is 1180. The third-order valence-corrected chi connectivity index (χ3v) is 5.55. The number of carbonyl (C=O) groups excluding carboxylic acids is 1. The van der Waals surface area contributed by atoms with Crippen LogP contribution >= 0.6 is 0 Å². The van der Waals surface area contributed by atoms with Crippen LogP contribution in [-0.2, 0) is 24.4 Å². The third kappa shape index (κ3) is 4.67. The number of para-hydroxylation sites is 3. The fraction of sp³-hybridized carbons (Fsp3) is 0.259. The number of fused-ring (bicyclic) bond motifs is 1. The zero-order valence-corrected chi connectivity index (χ0v) is 18.9. The van der Waals surface area contributed by atoms with Gasteiger partial charge < -0.3 is 14.2 Å². The molecule has 0 N–H and O–H groups in total. The average Bonchev–Trinajstić information content (AvgIpc) is 3.16. The smallest absolute Gasteiger partial charge is 0.247 e. The lowest BCUT2D eigenvalue weighted by molar-refractivity contribution is -0.119. The van der Waals surface area contributed by atoms with Crippen molar-refractivity contribution >= 4 is 22.6 Å². The SMILES string of the molecule is CCc1ccc(OCc2nc3ccccc3n2CC(=O)N(c2ccccc2)C(C)C)cc1. The van der Waals surface area contributed by atoms with Crippen molar-refractivity contribution in [1.82, 2.24) is 9.55 Å². The van der Waals surface area contributed by atoms with Crippen molar-refractivity contribution in [3.8, 4) is 5.75 Å². The number of amides is 1. The van der Waals surface area contributed by atoms with E-state index in [9.17, 15) is 4.79 Å². The van der Waals surface area contributed by atoms with Gasteiger partial charge in [-0.05, 0) is 62.2 Å². The summed E-state index contributed by atoms with van der Waals surface area (Å²) in [7, 11) is 0. The van der Waals surface area contributed by atoms with Gasteiger partial charge in [0, 0.05) is 11.7 Å².